The molecule has 3 heteroatoms. The van der Waals surface area contributed by atoms with E-state index in [4.69, 9.17) is 0 Å². The lowest BCUT2D eigenvalue weighted by atomic mass is 10.1. The Morgan fingerprint density at radius 2 is 2.17 bits per heavy atom. The van der Waals surface area contributed by atoms with Gasteiger partial charge in [-0.3, -0.25) is 4.79 Å². The van der Waals surface area contributed by atoms with Crippen molar-refractivity contribution >= 4 is 11.5 Å². The molecule has 1 aliphatic heterocycles. The molecule has 1 fully saturated rings. The van der Waals surface area contributed by atoms with Gasteiger partial charge in [-0.1, -0.05) is 6.92 Å². The quantitative estimate of drug-likeness (QED) is 0.759. The van der Waals surface area contributed by atoms with Crippen LogP contribution in [0.25, 0.3) is 0 Å². The van der Waals surface area contributed by atoms with Gasteiger partial charge in [0, 0.05) is 23.3 Å². The number of benzene rings is 1. The summed E-state index contributed by atoms with van der Waals surface area (Å²) in [4.78, 5) is 14.0. The molecule has 1 aromatic carbocycles. The van der Waals surface area contributed by atoms with Gasteiger partial charge in [-0.05, 0) is 51.3 Å². The molecule has 2 nitrogen and oxygen atoms in total. The van der Waals surface area contributed by atoms with Crippen LogP contribution in [0.1, 0.15) is 50.4 Å². The highest BCUT2D eigenvalue weighted by molar-refractivity contribution is 5.99. The van der Waals surface area contributed by atoms with Gasteiger partial charge in [-0.15, -0.1) is 0 Å². The van der Waals surface area contributed by atoms with Crippen molar-refractivity contribution in [2.45, 2.75) is 52.1 Å². The Morgan fingerprint density at radius 1 is 1.44 bits per heavy atom. The molecular formula is C15H20FNO. The number of halogens is 1. The Morgan fingerprint density at radius 3 is 2.78 bits per heavy atom. The third-order valence-corrected chi connectivity index (χ3v) is 3.87. The third kappa shape index (κ3) is 2.26. The molecule has 0 radical (unpaired) electrons. The molecule has 1 aliphatic rings. The summed E-state index contributed by atoms with van der Waals surface area (Å²) < 4.78 is 13.3. The predicted octanol–water partition coefficient (Wildman–Crippen LogP) is 3.80. The summed E-state index contributed by atoms with van der Waals surface area (Å²) in [5, 5.41) is 0. The van der Waals surface area contributed by atoms with Crippen LogP contribution >= 0.6 is 0 Å². The summed E-state index contributed by atoms with van der Waals surface area (Å²) in [7, 11) is 0. The van der Waals surface area contributed by atoms with E-state index >= 15 is 0 Å². The second kappa shape index (κ2) is 5.09. The van der Waals surface area contributed by atoms with E-state index in [1.807, 2.05) is 0 Å². The first-order valence-corrected chi connectivity index (χ1v) is 6.63. The number of carbonyl (C=O) groups is 1. The van der Waals surface area contributed by atoms with E-state index in [0.717, 1.165) is 24.9 Å². The first-order valence-electron chi connectivity index (χ1n) is 6.63. The second-order valence-electron chi connectivity index (χ2n) is 5.11. The molecular weight excluding hydrogens is 229 g/mol. The van der Waals surface area contributed by atoms with Gasteiger partial charge in [0.1, 0.15) is 5.82 Å². The third-order valence-electron chi connectivity index (χ3n) is 3.87. The zero-order valence-electron chi connectivity index (χ0n) is 11.2. The van der Waals surface area contributed by atoms with Gasteiger partial charge in [0.05, 0.1) is 0 Å². The van der Waals surface area contributed by atoms with Gasteiger partial charge in [0.15, 0.2) is 5.78 Å². The first-order chi connectivity index (χ1) is 8.54. The first kappa shape index (κ1) is 13.1. The summed E-state index contributed by atoms with van der Waals surface area (Å²) in [6, 6.07) is 5.42. The maximum atomic E-state index is 13.3. The lowest BCUT2D eigenvalue weighted by Crippen LogP contribution is -2.35. The lowest BCUT2D eigenvalue weighted by Gasteiger charge is -2.31. The van der Waals surface area contributed by atoms with Crippen LogP contribution in [0.2, 0.25) is 0 Å². The van der Waals surface area contributed by atoms with Gasteiger partial charge in [0.2, 0.25) is 0 Å². The molecule has 0 bridgehead atoms. The normalized spacial score (nSPS) is 23.4. The van der Waals surface area contributed by atoms with Crippen LogP contribution in [-0.4, -0.2) is 17.9 Å². The average Bonchev–Trinajstić information content (AvgIpc) is 2.70. The van der Waals surface area contributed by atoms with Gasteiger partial charge in [-0.25, -0.2) is 4.39 Å². The van der Waals surface area contributed by atoms with Crippen molar-refractivity contribution in [3.05, 3.63) is 29.6 Å². The minimum atomic E-state index is -0.344. The Balaban J connectivity index is 2.46. The van der Waals surface area contributed by atoms with Crippen LogP contribution in [0.5, 0.6) is 0 Å². The van der Waals surface area contributed by atoms with Crippen molar-refractivity contribution in [1.82, 2.24) is 0 Å². The van der Waals surface area contributed by atoms with E-state index in [0.29, 0.717) is 17.6 Å². The van der Waals surface area contributed by atoms with Gasteiger partial charge < -0.3 is 4.90 Å². The van der Waals surface area contributed by atoms with Crippen molar-refractivity contribution in [1.29, 1.82) is 0 Å². The van der Waals surface area contributed by atoms with E-state index in [-0.39, 0.29) is 11.6 Å². The van der Waals surface area contributed by atoms with Crippen molar-refractivity contribution in [3.8, 4) is 0 Å². The Bertz CT molecular complexity index is 458. The largest absolute Gasteiger partial charge is 0.365 e. The summed E-state index contributed by atoms with van der Waals surface area (Å²) >= 11 is 0. The number of anilines is 1. The van der Waals surface area contributed by atoms with Gasteiger partial charge in [-0.2, -0.15) is 0 Å². The molecule has 98 valence electrons. The topological polar surface area (TPSA) is 20.3 Å². The fraction of sp³-hybridized carbons (Fsp3) is 0.533. The molecule has 2 rings (SSSR count). The minimum Gasteiger partial charge on any atom is -0.365 e. The van der Waals surface area contributed by atoms with E-state index in [1.54, 1.807) is 6.07 Å². The molecule has 0 aromatic heterocycles. The fourth-order valence-electron chi connectivity index (χ4n) is 2.92. The van der Waals surface area contributed by atoms with E-state index in [2.05, 4.69) is 18.7 Å². The van der Waals surface area contributed by atoms with Crippen LogP contribution in [0, 0.1) is 5.82 Å². The number of rotatable bonds is 3. The molecule has 0 saturated carbocycles. The van der Waals surface area contributed by atoms with Crippen molar-refractivity contribution in [2.75, 3.05) is 4.90 Å². The molecule has 1 aromatic rings. The van der Waals surface area contributed by atoms with Crippen LogP contribution in [0.15, 0.2) is 18.2 Å². The molecule has 0 N–H and O–H groups in total. The number of ketones is 1. The SMILES string of the molecule is CCC1CCC(C)N1c1ccc(F)cc1C(C)=O. The van der Waals surface area contributed by atoms with Crippen LogP contribution in [0.4, 0.5) is 10.1 Å². The van der Waals surface area contributed by atoms with Crippen LogP contribution in [-0.2, 0) is 0 Å². The summed E-state index contributed by atoms with van der Waals surface area (Å²) in [5.41, 5.74) is 1.39. The highest BCUT2D eigenvalue weighted by atomic mass is 19.1. The fourth-order valence-corrected chi connectivity index (χ4v) is 2.92. The minimum absolute atomic E-state index is 0.0709. The Labute approximate surface area is 108 Å². The zero-order valence-corrected chi connectivity index (χ0v) is 11.2. The van der Waals surface area contributed by atoms with E-state index in [1.165, 1.54) is 19.1 Å². The van der Waals surface area contributed by atoms with Crippen LogP contribution in [0.3, 0.4) is 0 Å². The molecule has 1 heterocycles. The van der Waals surface area contributed by atoms with Crippen LogP contribution < -0.4 is 4.90 Å². The smallest absolute Gasteiger partial charge is 0.161 e. The summed E-state index contributed by atoms with van der Waals surface area (Å²) in [6.45, 7) is 5.83. The number of hydrogen-bond acceptors (Lipinski definition) is 2. The highest BCUT2D eigenvalue weighted by Crippen LogP contribution is 2.34. The molecule has 0 spiro atoms. The molecule has 1 saturated heterocycles. The van der Waals surface area contributed by atoms with Gasteiger partial charge in [0.25, 0.3) is 0 Å². The number of hydrogen-bond donors (Lipinski definition) is 0. The number of carbonyl (C=O) groups excluding carboxylic acids is 1. The molecule has 0 amide bonds. The molecule has 0 aliphatic carbocycles. The Kier molecular flexibility index (Phi) is 3.69. The number of Topliss-reactive ketones (excluding diaryl/α,β-unsaturated/α-hetero) is 1. The second-order valence-corrected chi connectivity index (χ2v) is 5.11. The zero-order chi connectivity index (χ0) is 13.3. The maximum Gasteiger partial charge on any atom is 0.161 e. The molecule has 2 unspecified atom stereocenters. The van der Waals surface area contributed by atoms with E-state index in [9.17, 15) is 9.18 Å². The highest BCUT2D eigenvalue weighted by Gasteiger charge is 2.31. The maximum absolute atomic E-state index is 13.3. The average molecular weight is 249 g/mol. The van der Waals surface area contributed by atoms with Crippen molar-refractivity contribution < 1.29 is 9.18 Å². The monoisotopic (exact) mass is 249 g/mol. The van der Waals surface area contributed by atoms with Crippen molar-refractivity contribution in [2.24, 2.45) is 0 Å². The standard InChI is InChI=1S/C15H20FNO/c1-4-13-7-5-10(2)17(13)15-8-6-12(16)9-14(15)11(3)18/h6,8-10,13H,4-5,7H2,1-3H3. The number of nitrogens with zero attached hydrogens (tertiary/aromatic N) is 1. The van der Waals surface area contributed by atoms with Crippen molar-refractivity contribution in [3.63, 3.8) is 0 Å². The Hall–Kier alpha value is -1.38. The summed E-state index contributed by atoms with van der Waals surface area (Å²) in [5.74, 6) is -0.415. The lowest BCUT2D eigenvalue weighted by molar-refractivity contribution is 0.101. The predicted molar refractivity (Wildman–Crippen MR) is 71.7 cm³/mol. The summed E-state index contributed by atoms with van der Waals surface area (Å²) in [6.07, 6.45) is 3.33. The molecule has 18 heavy (non-hydrogen) atoms. The molecule has 2 atom stereocenters. The van der Waals surface area contributed by atoms with Gasteiger partial charge >= 0.3 is 0 Å². The van der Waals surface area contributed by atoms with E-state index < -0.39 is 0 Å².